The van der Waals surface area contributed by atoms with Crippen molar-refractivity contribution in [3.8, 4) is 0 Å². The van der Waals surface area contributed by atoms with Gasteiger partial charge < -0.3 is 5.32 Å². The predicted octanol–water partition coefficient (Wildman–Crippen LogP) is 4.00. The van der Waals surface area contributed by atoms with E-state index in [-0.39, 0.29) is 12.1 Å². The van der Waals surface area contributed by atoms with Gasteiger partial charge in [-0.3, -0.25) is 4.79 Å². The lowest BCUT2D eigenvalue weighted by molar-refractivity contribution is 0.102. The van der Waals surface area contributed by atoms with Gasteiger partial charge in [-0.15, -0.1) is 0 Å². The van der Waals surface area contributed by atoms with E-state index < -0.39 is 32.5 Å². The van der Waals surface area contributed by atoms with E-state index in [4.69, 9.17) is 0 Å². The van der Waals surface area contributed by atoms with Crippen LogP contribution in [0.3, 0.4) is 0 Å². The molecule has 0 heterocycles. The molecule has 0 unspecified atom stereocenters. The zero-order valence-corrected chi connectivity index (χ0v) is 16.3. The standard InChI is InChI=1S/C21H18F2N2O3S/c1-14-3-2-4-18(11-14)25-21(26)16-7-10-19(23)20(12-16)29(27,28)24-13-15-5-8-17(22)9-6-15/h2-12,24H,13H2,1H3,(H,25,26). The highest BCUT2D eigenvalue weighted by Crippen LogP contribution is 2.19. The summed E-state index contributed by atoms with van der Waals surface area (Å²) in [5.41, 5.74) is 1.98. The summed E-state index contributed by atoms with van der Waals surface area (Å²) in [5.74, 6) is -2.00. The molecular weight excluding hydrogens is 398 g/mol. The first-order valence-corrected chi connectivity index (χ1v) is 10.1. The smallest absolute Gasteiger partial charge is 0.255 e. The summed E-state index contributed by atoms with van der Waals surface area (Å²) in [6, 6.07) is 15.4. The van der Waals surface area contributed by atoms with Gasteiger partial charge in [0.15, 0.2) is 0 Å². The Morgan fingerprint density at radius 1 is 0.966 bits per heavy atom. The number of benzene rings is 3. The summed E-state index contributed by atoms with van der Waals surface area (Å²) in [6.45, 7) is 1.72. The van der Waals surface area contributed by atoms with Crippen LogP contribution in [0.2, 0.25) is 0 Å². The number of sulfonamides is 1. The van der Waals surface area contributed by atoms with Crippen molar-refractivity contribution in [1.82, 2.24) is 4.72 Å². The fraction of sp³-hybridized carbons (Fsp3) is 0.0952. The van der Waals surface area contributed by atoms with Crippen molar-refractivity contribution < 1.29 is 22.0 Å². The molecule has 1 amide bonds. The molecule has 3 aromatic carbocycles. The first-order valence-electron chi connectivity index (χ1n) is 8.66. The van der Waals surface area contributed by atoms with Gasteiger partial charge in [0.05, 0.1) is 0 Å². The summed E-state index contributed by atoms with van der Waals surface area (Å²) < 4.78 is 54.4. The molecule has 5 nitrogen and oxygen atoms in total. The zero-order valence-electron chi connectivity index (χ0n) is 15.4. The molecule has 0 saturated carbocycles. The van der Waals surface area contributed by atoms with Gasteiger partial charge in [-0.1, -0.05) is 24.3 Å². The van der Waals surface area contributed by atoms with Crippen LogP contribution in [0.25, 0.3) is 0 Å². The SMILES string of the molecule is Cc1cccc(NC(=O)c2ccc(F)c(S(=O)(=O)NCc3ccc(F)cc3)c2)c1. The maximum atomic E-state index is 14.2. The minimum atomic E-state index is -4.23. The van der Waals surface area contributed by atoms with Crippen LogP contribution in [-0.2, 0) is 16.6 Å². The molecule has 0 saturated heterocycles. The largest absolute Gasteiger partial charge is 0.322 e. The zero-order chi connectivity index (χ0) is 21.0. The lowest BCUT2D eigenvalue weighted by Crippen LogP contribution is -2.25. The highest BCUT2D eigenvalue weighted by atomic mass is 32.2. The maximum absolute atomic E-state index is 14.2. The van der Waals surface area contributed by atoms with E-state index in [0.29, 0.717) is 11.3 Å². The topological polar surface area (TPSA) is 75.3 Å². The molecule has 0 bridgehead atoms. The minimum absolute atomic E-state index is 0.00457. The fourth-order valence-corrected chi connectivity index (χ4v) is 3.75. The highest BCUT2D eigenvalue weighted by Gasteiger charge is 2.21. The van der Waals surface area contributed by atoms with E-state index in [2.05, 4.69) is 10.0 Å². The van der Waals surface area contributed by atoms with Gasteiger partial charge in [-0.25, -0.2) is 21.9 Å². The van der Waals surface area contributed by atoms with Gasteiger partial charge >= 0.3 is 0 Å². The first-order chi connectivity index (χ1) is 13.7. The molecule has 0 aliphatic rings. The summed E-state index contributed by atoms with van der Waals surface area (Å²) in [4.78, 5) is 11.8. The molecule has 8 heteroatoms. The Morgan fingerprint density at radius 2 is 1.69 bits per heavy atom. The van der Waals surface area contributed by atoms with Crippen molar-refractivity contribution in [3.05, 3.63) is 95.1 Å². The van der Waals surface area contributed by atoms with Crippen LogP contribution < -0.4 is 10.0 Å². The average Bonchev–Trinajstić information content (AvgIpc) is 2.68. The predicted molar refractivity (Wildman–Crippen MR) is 106 cm³/mol. The quantitative estimate of drug-likeness (QED) is 0.638. The van der Waals surface area contributed by atoms with Gasteiger partial charge in [0, 0.05) is 17.8 Å². The second-order valence-corrected chi connectivity index (χ2v) is 8.16. The second-order valence-electron chi connectivity index (χ2n) is 6.42. The lowest BCUT2D eigenvalue weighted by atomic mass is 10.2. The minimum Gasteiger partial charge on any atom is -0.322 e. The van der Waals surface area contributed by atoms with Crippen molar-refractivity contribution in [3.63, 3.8) is 0 Å². The number of halogens is 2. The molecule has 0 aliphatic heterocycles. The maximum Gasteiger partial charge on any atom is 0.255 e. The summed E-state index contributed by atoms with van der Waals surface area (Å²) in [5, 5.41) is 2.65. The average molecular weight is 416 g/mol. The first kappa shape index (κ1) is 20.6. The van der Waals surface area contributed by atoms with Crippen LogP contribution in [0.15, 0.2) is 71.6 Å². The van der Waals surface area contributed by atoms with Crippen molar-refractivity contribution >= 4 is 21.6 Å². The lowest BCUT2D eigenvalue weighted by Gasteiger charge is -2.10. The van der Waals surface area contributed by atoms with Crippen molar-refractivity contribution in [2.45, 2.75) is 18.4 Å². The van der Waals surface area contributed by atoms with E-state index in [1.54, 1.807) is 18.2 Å². The number of nitrogens with one attached hydrogen (secondary N) is 2. The number of rotatable bonds is 6. The molecule has 2 N–H and O–H groups in total. The number of carbonyl (C=O) groups is 1. The van der Waals surface area contributed by atoms with Gasteiger partial charge in [-0.2, -0.15) is 0 Å². The molecule has 150 valence electrons. The van der Waals surface area contributed by atoms with Crippen LogP contribution in [0.4, 0.5) is 14.5 Å². The Labute approximate surface area is 167 Å². The van der Waals surface area contributed by atoms with E-state index in [0.717, 1.165) is 17.7 Å². The molecule has 0 aromatic heterocycles. The summed E-state index contributed by atoms with van der Waals surface area (Å²) in [6.07, 6.45) is 0. The Kier molecular flexibility index (Phi) is 6.05. The molecule has 0 radical (unpaired) electrons. The number of hydrogen-bond donors (Lipinski definition) is 2. The Bertz CT molecular complexity index is 1150. The Hall–Kier alpha value is -3.10. The van der Waals surface area contributed by atoms with Crippen LogP contribution in [0.1, 0.15) is 21.5 Å². The van der Waals surface area contributed by atoms with E-state index in [9.17, 15) is 22.0 Å². The summed E-state index contributed by atoms with van der Waals surface area (Å²) in [7, 11) is -4.23. The van der Waals surface area contributed by atoms with Crippen LogP contribution in [-0.4, -0.2) is 14.3 Å². The van der Waals surface area contributed by atoms with E-state index in [1.807, 2.05) is 13.0 Å². The molecule has 0 spiro atoms. The van der Waals surface area contributed by atoms with Crippen molar-refractivity contribution in [2.24, 2.45) is 0 Å². The third-order valence-corrected chi connectivity index (χ3v) is 5.55. The molecule has 29 heavy (non-hydrogen) atoms. The van der Waals surface area contributed by atoms with E-state index in [1.165, 1.54) is 30.3 Å². The van der Waals surface area contributed by atoms with Crippen LogP contribution >= 0.6 is 0 Å². The second kappa shape index (κ2) is 8.50. The molecule has 3 rings (SSSR count). The van der Waals surface area contributed by atoms with Gasteiger partial charge in [-0.05, 0) is 60.5 Å². The third kappa shape index (κ3) is 5.24. The van der Waals surface area contributed by atoms with Crippen molar-refractivity contribution in [2.75, 3.05) is 5.32 Å². The van der Waals surface area contributed by atoms with Gasteiger partial charge in [0.25, 0.3) is 5.91 Å². The van der Waals surface area contributed by atoms with Gasteiger partial charge in [0.1, 0.15) is 16.5 Å². The van der Waals surface area contributed by atoms with Crippen LogP contribution in [0, 0.1) is 18.6 Å². The molecule has 0 atom stereocenters. The van der Waals surface area contributed by atoms with E-state index >= 15 is 0 Å². The number of aryl methyl sites for hydroxylation is 1. The normalized spacial score (nSPS) is 11.3. The molecule has 0 fully saturated rings. The van der Waals surface area contributed by atoms with Gasteiger partial charge in [0.2, 0.25) is 10.0 Å². The monoisotopic (exact) mass is 416 g/mol. The summed E-state index contributed by atoms with van der Waals surface area (Å²) >= 11 is 0. The number of hydrogen-bond acceptors (Lipinski definition) is 3. The third-order valence-electron chi connectivity index (χ3n) is 4.14. The fourth-order valence-electron chi connectivity index (χ4n) is 2.63. The molecular formula is C21H18F2N2O3S. The molecule has 0 aliphatic carbocycles. The Balaban J connectivity index is 1.79. The number of amides is 1. The number of carbonyl (C=O) groups excluding carboxylic acids is 1. The Morgan fingerprint density at radius 3 is 2.38 bits per heavy atom. The number of anilines is 1. The van der Waals surface area contributed by atoms with Crippen LogP contribution in [0.5, 0.6) is 0 Å². The highest BCUT2D eigenvalue weighted by molar-refractivity contribution is 7.89. The molecule has 3 aromatic rings. The van der Waals surface area contributed by atoms with Crippen molar-refractivity contribution in [1.29, 1.82) is 0 Å².